The van der Waals surface area contributed by atoms with Crippen molar-refractivity contribution in [1.82, 2.24) is 15.5 Å². The zero-order chi connectivity index (χ0) is 16.7. The first-order chi connectivity index (χ1) is 11.1. The van der Waals surface area contributed by atoms with E-state index in [4.69, 9.17) is 0 Å². The lowest BCUT2D eigenvalue weighted by atomic mass is 9.88. The summed E-state index contributed by atoms with van der Waals surface area (Å²) in [6, 6.07) is 4.98. The van der Waals surface area contributed by atoms with Crippen LogP contribution < -0.4 is 10.6 Å². The highest BCUT2D eigenvalue weighted by Gasteiger charge is 2.31. The highest BCUT2D eigenvalue weighted by atomic mass is 32.1. The SMILES string of the molecule is CN=C(NCCC(C)C)NCC1CCCN(C)C1c1cccs1. The molecule has 2 rings (SSSR count). The number of nitrogens with zero attached hydrogens (tertiary/aromatic N) is 2. The van der Waals surface area contributed by atoms with Crippen LogP contribution in [0.25, 0.3) is 0 Å². The summed E-state index contributed by atoms with van der Waals surface area (Å²) < 4.78 is 0. The molecule has 2 atom stereocenters. The molecule has 130 valence electrons. The van der Waals surface area contributed by atoms with E-state index in [9.17, 15) is 0 Å². The van der Waals surface area contributed by atoms with E-state index >= 15 is 0 Å². The molecule has 2 unspecified atom stereocenters. The largest absolute Gasteiger partial charge is 0.356 e. The first-order valence-electron chi connectivity index (χ1n) is 8.80. The van der Waals surface area contributed by atoms with Gasteiger partial charge in [0.15, 0.2) is 5.96 Å². The monoisotopic (exact) mass is 336 g/mol. The number of guanidine groups is 1. The molecule has 2 N–H and O–H groups in total. The van der Waals surface area contributed by atoms with Gasteiger partial charge < -0.3 is 10.6 Å². The zero-order valence-electron chi connectivity index (χ0n) is 15.0. The van der Waals surface area contributed by atoms with E-state index < -0.39 is 0 Å². The maximum Gasteiger partial charge on any atom is 0.190 e. The minimum Gasteiger partial charge on any atom is -0.356 e. The topological polar surface area (TPSA) is 39.7 Å². The molecule has 2 heterocycles. The summed E-state index contributed by atoms with van der Waals surface area (Å²) in [6.07, 6.45) is 3.73. The van der Waals surface area contributed by atoms with Gasteiger partial charge >= 0.3 is 0 Å². The van der Waals surface area contributed by atoms with Crippen LogP contribution in [0.3, 0.4) is 0 Å². The summed E-state index contributed by atoms with van der Waals surface area (Å²) in [5.41, 5.74) is 0. The molecule has 1 aromatic heterocycles. The summed E-state index contributed by atoms with van der Waals surface area (Å²) in [7, 11) is 4.11. The minimum atomic E-state index is 0.532. The lowest BCUT2D eigenvalue weighted by Crippen LogP contribution is -2.45. The fourth-order valence-electron chi connectivity index (χ4n) is 3.31. The number of thiophene rings is 1. The van der Waals surface area contributed by atoms with E-state index in [1.165, 1.54) is 30.7 Å². The Kier molecular flexibility index (Phi) is 7.37. The Morgan fingerprint density at radius 1 is 1.43 bits per heavy atom. The quantitative estimate of drug-likeness (QED) is 0.618. The molecule has 0 aromatic carbocycles. The molecule has 1 aromatic rings. The van der Waals surface area contributed by atoms with Crippen LogP contribution in [0.4, 0.5) is 0 Å². The van der Waals surface area contributed by atoms with Crippen LogP contribution >= 0.6 is 11.3 Å². The van der Waals surface area contributed by atoms with Crippen molar-refractivity contribution in [2.45, 2.75) is 39.2 Å². The average Bonchev–Trinajstić information content (AvgIpc) is 3.04. The Morgan fingerprint density at radius 3 is 2.91 bits per heavy atom. The molecule has 1 aliphatic heterocycles. The van der Waals surface area contributed by atoms with Gasteiger partial charge in [0.25, 0.3) is 0 Å². The van der Waals surface area contributed by atoms with E-state index in [2.05, 4.69) is 58.9 Å². The van der Waals surface area contributed by atoms with E-state index in [0.29, 0.717) is 12.0 Å². The Hall–Kier alpha value is -1.07. The first kappa shape index (κ1) is 18.3. The number of rotatable bonds is 6. The van der Waals surface area contributed by atoms with Gasteiger partial charge in [0.05, 0.1) is 0 Å². The fraction of sp³-hybridized carbons (Fsp3) is 0.722. The molecule has 0 aliphatic carbocycles. The second-order valence-corrected chi connectivity index (χ2v) is 7.88. The Labute approximate surface area is 145 Å². The molecule has 0 radical (unpaired) electrons. The zero-order valence-corrected chi connectivity index (χ0v) is 15.8. The Balaban J connectivity index is 1.89. The maximum absolute atomic E-state index is 4.36. The average molecular weight is 337 g/mol. The highest BCUT2D eigenvalue weighted by molar-refractivity contribution is 7.10. The minimum absolute atomic E-state index is 0.532. The number of nitrogens with one attached hydrogen (secondary N) is 2. The van der Waals surface area contributed by atoms with E-state index in [-0.39, 0.29) is 0 Å². The first-order valence-corrected chi connectivity index (χ1v) is 9.68. The van der Waals surface area contributed by atoms with Gasteiger partial charge in [0, 0.05) is 31.1 Å². The van der Waals surface area contributed by atoms with Gasteiger partial charge in [-0.1, -0.05) is 19.9 Å². The number of hydrogen-bond donors (Lipinski definition) is 2. The molecule has 0 spiro atoms. The van der Waals surface area contributed by atoms with E-state index in [1.54, 1.807) is 0 Å². The van der Waals surface area contributed by atoms with Crippen molar-refractivity contribution in [2.75, 3.05) is 33.7 Å². The standard InChI is InChI=1S/C18H32N4S/c1-14(2)9-10-20-18(19-3)21-13-15-7-5-11-22(4)17(15)16-8-6-12-23-16/h6,8,12,14-15,17H,5,7,9-11,13H2,1-4H3,(H2,19,20,21). The summed E-state index contributed by atoms with van der Waals surface area (Å²) in [5.74, 6) is 2.29. The van der Waals surface area contributed by atoms with Crippen LogP contribution in [0.2, 0.25) is 0 Å². The van der Waals surface area contributed by atoms with Crippen LogP contribution in [0, 0.1) is 11.8 Å². The van der Waals surface area contributed by atoms with Gasteiger partial charge in [-0.25, -0.2) is 0 Å². The Bertz CT molecular complexity index is 469. The Morgan fingerprint density at radius 2 is 2.26 bits per heavy atom. The number of aliphatic imine (C=N–C) groups is 1. The molecule has 4 nitrogen and oxygen atoms in total. The van der Waals surface area contributed by atoms with Gasteiger partial charge in [-0.05, 0) is 56.1 Å². The predicted octanol–water partition coefficient (Wildman–Crippen LogP) is 3.34. The van der Waals surface area contributed by atoms with Crippen molar-refractivity contribution < 1.29 is 0 Å². The third-order valence-corrected chi connectivity index (χ3v) is 5.55. The summed E-state index contributed by atoms with van der Waals surface area (Å²) in [4.78, 5) is 8.36. The molecule has 0 bridgehead atoms. The number of piperidine rings is 1. The lowest BCUT2D eigenvalue weighted by Gasteiger charge is -2.39. The smallest absolute Gasteiger partial charge is 0.190 e. The molecule has 0 amide bonds. The van der Waals surface area contributed by atoms with Crippen molar-refractivity contribution in [3.8, 4) is 0 Å². The van der Waals surface area contributed by atoms with Crippen LogP contribution in [-0.4, -0.2) is 44.6 Å². The van der Waals surface area contributed by atoms with Crippen molar-refractivity contribution >= 4 is 17.3 Å². The van der Waals surface area contributed by atoms with Crippen molar-refractivity contribution in [2.24, 2.45) is 16.8 Å². The second kappa shape index (κ2) is 9.28. The molecular weight excluding hydrogens is 304 g/mol. The normalized spacial score (nSPS) is 23.3. The van der Waals surface area contributed by atoms with Gasteiger partial charge in [-0.2, -0.15) is 0 Å². The van der Waals surface area contributed by atoms with Crippen LogP contribution in [0.1, 0.15) is 44.0 Å². The number of hydrogen-bond acceptors (Lipinski definition) is 3. The van der Waals surface area contributed by atoms with Crippen LogP contribution in [0.5, 0.6) is 0 Å². The molecule has 1 aliphatic rings. The van der Waals surface area contributed by atoms with Crippen molar-refractivity contribution in [3.63, 3.8) is 0 Å². The summed E-state index contributed by atoms with van der Waals surface area (Å²) in [6.45, 7) is 7.66. The van der Waals surface area contributed by atoms with Crippen molar-refractivity contribution in [3.05, 3.63) is 22.4 Å². The van der Waals surface area contributed by atoms with Gasteiger partial charge in [0.1, 0.15) is 0 Å². The molecule has 1 saturated heterocycles. The highest BCUT2D eigenvalue weighted by Crippen LogP contribution is 2.36. The van der Waals surface area contributed by atoms with Crippen molar-refractivity contribution in [1.29, 1.82) is 0 Å². The fourth-order valence-corrected chi connectivity index (χ4v) is 4.29. The van der Waals surface area contributed by atoms with Gasteiger partial charge in [0.2, 0.25) is 0 Å². The summed E-state index contributed by atoms with van der Waals surface area (Å²) >= 11 is 1.88. The lowest BCUT2D eigenvalue weighted by molar-refractivity contribution is 0.125. The second-order valence-electron chi connectivity index (χ2n) is 6.91. The van der Waals surface area contributed by atoms with Gasteiger partial charge in [-0.3, -0.25) is 9.89 Å². The predicted molar refractivity (Wildman–Crippen MR) is 101 cm³/mol. The van der Waals surface area contributed by atoms with Gasteiger partial charge in [-0.15, -0.1) is 11.3 Å². The maximum atomic E-state index is 4.36. The number of likely N-dealkylation sites (tertiary alicyclic amines) is 1. The molecule has 1 fully saturated rings. The molecule has 23 heavy (non-hydrogen) atoms. The third-order valence-electron chi connectivity index (χ3n) is 4.61. The molecule has 5 heteroatoms. The van der Waals surface area contributed by atoms with E-state index in [1.807, 2.05) is 18.4 Å². The summed E-state index contributed by atoms with van der Waals surface area (Å²) in [5, 5.41) is 9.16. The molecule has 0 saturated carbocycles. The third kappa shape index (κ3) is 5.50. The van der Waals surface area contributed by atoms with E-state index in [0.717, 1.165) is 25.0 Å². The molecular formula is C18H32N4S. The van der Waals surface area contributed by atoms with Crippen LogP contribution in [0.15, 0.2) is 22.5 Å². The van der Waals surface area contributed by atoms with Crippen LogP contribution in [-0.2, 0) is 0 Å².